The quantitative estimate of drug-likeness (QED) is 0.315. The number of Topliss-reactive ketones (excluding diaryl/α,β-unsaturated/α-hetero) is 1. The minimum atomic E-state index is -1.47. The molecule has 8 heteroatoms. The van der Waals surface area contributed by atoms with Crippen LogP contribution in [0.2, 0.25) is 0 Å². The Bertz CT molecular complexity index is 1480. The van der Waals surface area contributed by atoms with Gasteiger partial charge in [-0.1, -0.05) is 85.7 Å². The number of hydrogen-bond donors (Lipinski definition) is 3. The molecule has 5 rings (SSSR count). The van der Waals surface area contributed by atoms with Crippen LogP contribution in [0.15, 0.2) is 90.5 Å². The Balaban J connectivity index is 1.50. The number of amides is 1. The van der Waals surface area contributed by atoms with E-state index in [0.29, 0.717) is 23.5 Å². The largest absolute Gasteiger partial charge is 0.374 e. The second-order valence-corrected chi connectivity index (χ2v) is 10.1. The fourth-order valence-corrected chi connectivity index (χ4v) is 4.94. The SMILES string of the molecule is CC(C)[C@@](N)(C(=O)Cc1cnc[nH]1)C1=NOC(C(=O)NCc2ccccc2)(c2ccc3ccccc3c2)C1. The number of aromatic nitrogens is 2. The summed E-state index contributed by atoms with van der Waals surface area (Å²) in [6.45, 7) is 4.07. The molecule has 0 spiro atoms. The Morgan fingerprint density at radius 2 is 1.82 bits per heavy atom. The molecule has 0 saturated carbocycles. The fourth-order valence-electron chi connectivity index (χ4n) is 4.94. The third-order valence-corrected chi connectivity index (χ3v) is 7.36. The van der Waals surface area contributed by atoms with Gasteiger partial charge in [-0.15, -0.1) is 0 Å². The topological polar surface area (TPSA) is 122 Å². The number of benzene rings is 3. The van der Waals surface area contributed by atoms with Crippen LogP contribution in [0.25, 0.3) is 10.8 Å². The van der Waals surface area contributed by atoms with Crippen molar-refractivity contribution in [2.45, 2.75) is 44.4 Å². The summed E-state index contributed by atoms with van der Waals surface area (Å²) in [4.78, 5) is 40.5. The molecule has 0 radical (unpaired) electrons. The van der Waals surface area contributed by atoms with Crippen LogP contribution in [-0.2, 0) is 33.0 Å². The summed E-state index contributed by atoms with van der Waals surface area (Å²) in [6, 6.07) is 23.3. The minimum Gasteiger partial charge on any atom is -0.374 e. The second kappa shape index (κ2) is 10.2. The van der Waals surface area contributed by atoms with E-state index in [1.54, 1.807) is 6.20 Å². The highest BCUT2D eigenvalue weighted by molar-refractivity contribution is 6.16. The van der Waals surface area contributed by atoms with Crippen molar-refractivity contribution >= 4 is 28.2 Å². The summed E-state index contributed by atoms with van der Waals surface area (Å²) < 4.78 is 0. The molecule has 1 unspecified atom stereocenters. The van der Waals surface area contributed by atoms with E-state index in [1.807, 2.05) is 86.6 Å². The van der Waals surface area contributed by atoms with Gasteiger partial charge in [-0.25, -0.2) is 4.98 Å². The van der Waals surface area contributed by atoms with Crippen molar-refractivity contribution in [2.24, 2.45) is 16.8 Å². The van der Waals surface area contributed by atoms with Crippen molar-refractivity contribution in [3.05, 3.63) is 102 Å². The van der Waals surface area contributed by atoms with Gasteiger partial charge in [0.2, 0.25) is 5.60 Å². The lowest BCUT2D eigenvalue weighted by molar-refractivity contribution is -0.145. The number of rotatable bonds is 9. The zero-order chi connectivity index (χ0) is 26.8. The molecule has 2 heterocycles. The van der Waals surface area contributed by atoms with E-state index < -0.39 is 11.1 Å². The minimum absolute atomic E-state index is 0.0510. The molecule has 0 bridgehead atoms. The normalized spacial score (nSPS) is 18.6. The molecule has 4 aromatic rings. The van der Waals surface area contributed by atoms with Crippen LogP contribution in [0.5, 0.6) is 0 Å². The maximum atomic E-state index is 13.9. The smallest absolute Gasteiger partial charge is 0.272 e. The predicted molar refractivity (Wildman–Crippen MR) is 146 cm³/mol. The molecule has 0 aliphatic carbocycles. The number of carbonyl (C=O) groups excluding carboxylic acids is 2. The lowest BCUT2D eigenvalue weighted by atomic mass is 9.73. The van der Waals surface area contributed by atoms with E-state index in [9.17, 15) is 9.59 Å². The van der Waals surface area contributed by atoms with Gasteiger partial charge in [-0.05, 0) is 28.3 Å². The molecule has 1 aromatic heterocycles. The molecule has 8 nitrogen and oxygen atoms in total. The number of hydrogen-bond acceptors (Lipinski definition) is 6. The van der Waals surface area contributed by atoms with Crippen molar-refractivity contribution in [1.29, 1.82) is 0 Å². The van der Waals surface area contributed by atoms with Crippen molar-refractivity contribution in [2.75, 3.05) is 0 Å². The van der Waals surface area contributed by atoms with E-state index in [2.05, 4.69) is 20.4 Å². The van der Waals surface area contributed by atoms with Gasteiger partial charge in [0.15, 0.2) is 5.78 Å². The number of nitrogens with zero attached hydrogens (tertiary/aromatic N) is 2. The molecule has 38 heavy (non-hydrogen) atoms. The van der Waals surface area contributed by atoms with Crippen molar-refractivity contribution in [3.63, 3.8) is 0 Å². The molecule has 1 amide bonds. The maximum absolute atomic E-state index is 13.9. The first-order valence-electron chi connectivity index (χ1n) is 12.7. The first kappa shape index (κ1) is 25.4. The molecular weight excluding hydrogens is 478 g/mol. The zero-order valence-electron chi connectivity index (χ0n) is 21.5. The monoisotopic (exact) mass is 509 g/mol. The van der Waals surface area contributed by atoms with Gasteiger partial charge in [0.05, 0.1) is 18.5 Å². The third-order valence-electron chi connectivity index (χ3n) is 7.36. The highest BCUT2D eigenvalue weighted by Gasteiger charge is 2.55. The molecule has 3 aromatic carbocycles. The molecule has 4 N–H and O–H groups in total. The molecule has 2 atom stereocenters. The van der Waals surface area contributed by atoms with E-state index in [1.165, 1.54) is 6.33 Å². The first-order valence-corrected chi connectivity index (χ1v) is 12.7. The lowest BCUT2D eigenvalue weighted by Crippen LogP contribution is -2.60. The van der Waals surface area contributed by atoms with E-state index in [-0.39, 0.29) is 30.4 Å². The summed E-state index contributed by atoms with van der Waals surface area (Å²) in [5, 5.41) is 9.38. The van der Waals surface area contributed by atoms with Crippen LogP contribution < -0.4 is 11.1 Å². The van der Waals surface area contributed by atoms with Gasteiger partial charge in [0.25, 0.3) is 5.91 Å². The molecule has 1 aliphatic heterocycles. The fraction of sp³-hybridized carbons (Fsp3) is 0.267. The number of nitrogens with one attached hydrogen (secondary N) is 2. The van der Waals surface area contributed by atoms with Gasteiger partial charge in [-0.2, -0.15) is 0 Å². The average Bonchev–Trinajstić information content (AvgIpc) is 3.63. The van der Waals surface area contributed by atoms with Crippen LogP contribution in [0.4, 0.5) is 0 Å². The van der Waals surface area contributed by atoms with Crippen LogP contribution >= 0.6 is 0 Å². The van der Waals surface area contributed by atoms with Crippen LogP contribution in [0.3, 0.4) is 0 Å². The van der Waals surface area contributed by atoms with Gasteiger partial charge in [0.1, 0.15) is 5.54 Å². The van der Waals surface area contributed by atoms with Crippen molar-refractivity contribution in [1.82, 2.24) is 15.3 Å². The summed E-state index contributed by atoms with van der Waals surface area (Å²) in [5.41, 5.74) is 6.55. The van der Waals surface area contributed by atoms with Crippen molar-refractivity contribution in [3.8, 4) is 0 Å². The number of ketones is 1. The lowest BCUT2D eigenvalue weighted by Gasteiger charge is -2.33. The number of aromatic amines is 1. The van der Waals surface area contributed by atoms with E-state index in [4.69, 9.17) is 10.6 Å². The molecule has 0 saturated heterocycles. The highest BCUT2D eigenvalue weighted by Crippen LogP contribution is 2.40. The van der Waals surface area contributed by atoms with Gasteiger partial charge < -0.3 is 20.9 Å². The third kappa shape index (κ3) is 4.59. The zero-order valence-corrected chi connectivity index (χ0v) is 21.5. The molecule has 0 fully saturated rings. The summed E-state index contributed by atoms with van der Waals surface area (Å²) in [7, 11) is 0. The van der Waals surface area contributed by atoms with Crippen LogP contribution in [0.1, 0.15) is 37.1 Å². The van der Waals surface area contributed by atoms with Gasteiger partial charge >= 0.3 is 0 Å². The van der Waals surface area contributed by atoms with Crippen LogP contribution in [0, 0.1) is 5.92 Å². The standard InChI is InChI=1S/C30H31N5O3/c1-20(2)30(31,27(36)15-25-18-32-19-34-25)26-16-29(38-35-26,28(37)33-17-21-8-4-3-5-9-21)24-13-12-22-10-6-7-11-23(22)14-24/h3-14,18-20H,15-17,31H2,1-2H3,(H,32,34)(H,33,37)/t29?,30-/m0/s1. The van der Waals surface area contributed by atoms with Crippen molar-refractivity contribution < 1.29 is 14.4 Å². The maximum Gasteiger partial charge on any atom is 0.272 e. The second-order valence-electron chi connectivity index (χ2n) is 10.1. The molecular formula is C30H31N5O3. The molecule has 1 aliphatic rings. The Kier molecular flexibility index (Phi) is 6.82. The van der Waals surface area contributed by atoms with E-state index in [0.717, 1.165) is 16.3 Å². The van der Waals surface area contributed by atoms with E-state index >= 15 is 0 Å². The Morgan fingerprint density at radius 1 is 1.08 bits per heavy atom. The number of carbonyl (C=O) groups is 2. The summed E-state index contributed by atoms with van der Waals surface area (Å²) in [5.74, 6) is -0.860. The van der Waals surface area contributed by atoms with Gasteiger partial charge in [-0.3, -0.25) is 9.59 Å². The van der Waals surface area contributed by atoms with Crippen LogP contribution in [-0.4, -0.2) is 32.9 Å². The van der Waals surface area contributed by atoms with Gasteiger partial charge in [0, 0.05) is 30.4 Å². The summed E-state index contributed by atoms with van der Waals surface area (Å²) >= 11 is 0. The number of imidazole rings is 1. The predicted octanol–water partition coefficient (Wildman–Crippen LogP) is 4.02. The number of fused-ring (bicyclic) bond motifs is 1. The first-order chi connectivity index (χ1) is 18.3. The average molecular weight is 510 g/mol. The number of oxime groups is 1. The highest BCUT2D eigenvalue weighted by atomic mass is 16.7. The molecule has 194 valence electrons. The number of H-pyrrole nitrogens is 1. The summed E-state index contributed by atoms with van der Waals surface area (Å²) in [6.07, 6.45) is 3.24. The Hall–Kier alpha value is -4.30. The Labute approximate surface area is 221 Å². The Morgan fingerprint density at radius 3 is 2.53 bits per heavy atom. The number of nitrogens with two attached hydrogens (primary N) is 1.